The topological polar surface area (TPSA) is 61.4 Å². The average molecular weight is 284 g/mol. The fourth-order valence-corrected chi connectivity index (χ4v) is 1.96. The molecule has 1 unspecified atom stereocenters. The van der Waals surface area contributed by atoms with Crippen molar-refractivity contribution < 1.29 is 9.59 Å². The minimum absolute atomic E-state index is 0. The third-order valence-corrected chi connectivity index (χ3v) is 3.04. The van der Waals surface area contributed by atoms with Gasteiger partial charge in [0.25, 0.3) is 0 Å². The van der Waals surface area contributed by atoms with Crippen LogP contribution in [-0.4, -0.2) is 42.4 Å². The lowest BCUT2D eigenvalue weighted by Crippen LogP contribution is -2.56. The van der Waals surface area contributed by atoms with Crippen molar-refractivity contribution in [3.8, 4) is 0 Å². The van der Waals surface area contributed by atoms with Crippen molar-refractivity contribution >= 4 is 29.9 Å². The van der Waals surface area contributed by atoms with Crippen molar-refractivity contribution in [3.63, 3.8) is 0 Å². The van der Waals surface area contributed by atoms with Gasteiger partial charge >= 0.3 is 0 Å². The average Bonchev–Trinajstić information content (AvgIpc) is 2.40. The molecule has 1 atom stereocenters. The van der Waals surface area contributed by atoms with Gasteiger partial charge in [-0.15, -0.1) is 12.4 Å². The second-order valence-electron chi connectivity index (χ2n) is 4.27. The van der Waals surface area contributed by atoms with Gasteiger partial charge in [-0.25, -0.2) is 0 Å². The molecule has 0 saturated carbocycles. The number of carbonyl (C=O) groups is 2. The molecule has 0 radical (unpaired) electrons. The molecule has 19 heavy (non-hydrogen) atoms. The molecule has 1 aromatic rings. The molecule has 1 heterocycles. The van der Waals surface area contributed by atoms with Crippen LogP contribution in [0.4, 0.5) is 5.69 Å². The monoisotopic (exact) mass is 283 g/mol. The van der Waals surface area contributed by atoms with Crippen LogP contribution >= 0.6 is 12.4 Å². The smallest absolute Gasteiger partial charge is 0.242 e. The van der Waals surface area contributed by atoms with Gasteiger partial charge in [0.1, 0.15) is 6.04 Å². The molecule has 0 aromatic heterocycles. The summed E-state index contributed by atoms with van der Waals surface area (Å²) in [6, 6.07) is 9.15. The van der Waals surface area contributed by atoms with E-state index in [2.05, 4.69) is 10.6 Å². The van der Waals surface area contributed by atoms with Gasteiger partial charge in [0, 0.05) is 18.8 Å². The summed E-state index contributed by atoms with van der Waals surface area (Å²) in [5.41, 5.74) is 0.903. The van der Waals surface area contributed by atoms with Crippen LogP contribution in [0.2, 0.25) is 0 Å². The van der Waals surface area contributed by atoms with E-state index in [1.165, 1.54) is 0 Å². The number of rotatable bonds is 3. The van der Waals surface area contributed by atoms with E-state index in [9.17, 15) is 9.59 Å². The second-order valence-corrected chi connectivity index (χ2v) is 4.27. The number of benzene rings is 1. The predicted molar refractivity (Wildman–Crippen MR) is 76.4 cm³/mol. The Morgan fingerprint density at radius 3 is 2.79 bits per heavy atom. The molecule has 0 spiro atoms. The molecule has 1 fully saturated rings. The molecule has 1 aliphatic rings. The zero-order valence-corrected chi connectivity index (χ0v) is 11.6. The van der Waals surface area contributed by atoms with E-state index >= 15 is 0 Å². The Hall–Kier alpha value is -1.75. The highest BCUT2D eigenvalue weighted by Gasteiger charge is 2.28. The van der Waals surface area contributed by atoms with Crippen molar-refractivity contribution in [2.24, 2.45) is 0 Å². The van der Waals surface area contributed by atoms with Crippen LogP contribution in [0.5, 0.6) is 0 Å². The van der Waals surface area contributed by atoms with Crippen molar-refractivity contribution in [1.29, 1.82) is 0 Å². The molecule has 104 valence electrons. The maximum atomic E-state index is 12.0. The van der Waals surface area contributed by atoms with Crippen LogP contribution in [0.3, 0.4) is 0 Å². The van der Waals surface area contributed by atoms with Crippen LogP contribution in [-0.2, 0) is 9.59 Å². The quantitative estimate of drug-likeness (QED) is 0.865. The molecule has 1 saturated heterocycles. The molecule has 0 bridgehead atoms. The second kappa shape index (κ2) is 6.99. The lowest BCUT2D eigenvalue weighted by molar-refractivity contribution is -0.141. The molecule has 1 aliphatic heterocycles. The number of nitrogens with one attached hydrogen (secondary N) is 2. The Morgan fingerprint density at radius 1 is 1.42 bits per heavy atom. The number of para-hydroxylation sites is 1. The first-order valence-electron chi connectivity index (χ1n) is 6.04. The van der Waals surface area contributed by atoms with E-state index in [1.54, 1.807) is 11.8 Å². The summed E-state index contributed by atoms with van der Waals surface area (Å²) in [6.45, 7) is 3.05. The molecule has 2 amide bonds. The highest BCUT2D eigenvalue weighted by molar-refractivity contribution is 5.90. The van der Waals surface area contributed by atoms with Crippen LogP contribution in [0.25, 0.3) is 0 Å². The van der Waals surface area contributed by atoms with Gasteiger partial charge in [-0.3, -0.25) is 9.59 Å². The molecule has 1 aromatic carbocycles. The van der Waals surface area contributed by atoms with Crippen molar-refractivity contribution in [3.05, 3.63) is 30.3 Å². The first-order valence-corrected chi connectivity index (χ1v) is 6.04. The lowest BCUT2D eigenvalue weighted by atomic mass is 10.2. The zero-order chi connectivity index (χ0) is 13.0. The van der Waals surface area contributed by atoms with Crippen LogP contribution in [0.15, 0.2) is 30.3 Å². The number of hydrogen-bond donors (Lipinski definition) is 2. The third kappa shape index (κ3) is 3.86. The predicted octanol–water partition coefficient (Wildman–Crippen LogP) is 0.867. The number of amides is 2. The number of piperazine rings is 1. The molecule has 0 aliphatic carbocycles. The molecular weight excluding hydrogens is 266 g/mol. The standard InChI is InChI=1S/C13H17N3O2.ClH/c1-10-13(18)14-7-8-16(10)12(17)9-15-11-5-3-2-4-6-11;/h2-6,10,15H,7-9H2,1H3,(H,14,18);1H. The highest BCUT2D eigenvalue weighted by Crippen LogP contribution is 2.07. The number of carbonyl (C=O) groups excluding carboxylic acids is 2. The largest absolute Gasteiger partial charge is 0.376 e. The Balaban J connectivity index is 0.00000180. The fraction of sp³-hybridized carbons (Fsp3) is 0.385. The van der Waals surface area contributed by atoms with E-state index < -0.39 is 0 Å². The van der Waals surface area contributed by atoms with Gasteiger partial charge in [-0.2, -0.15) is 0 Å². The molecule has 5 nitrogen and oxygen atoms in total. The van der Waals surface area contributed by atoms with Crippen LogP contribution in [0, 0.1) is 0 Å². The third-order valence-electron chi connectivity index (χ3n) is 3.04. The van der Waals surface area contributed by atoms with E-state index in [4.69, 9.17) is 0 Å². The highest BCUT2D eigenvalue weighted by atomic mass is 35.5. The Labute approximate surface area is 118 Å². The summed E-state index contributed by atoms with van der Waals surface area (Å²) < 4.78 is 0. The summed E-state index contributed by atoms with van der Waals surface area (Å²) in [4.78, 5) is 25.1. The summed E-state index contributed by atoms with van der Waals surface area (Å²) in [5.74, 6) is -0.143. The van der Waals surface area contributed by atoms with Crippen molar-refractivity contribution in [2.45, 2.75) is 13.0 Å². The molecular formula is C13H18ClN3O2. The first-order chi connectivity index (χ1) is 8.68. The van der Waals surface area contributed by atoms with Gasteiger partial charge in [0.2, 0.25) is 11.8 Å². The fourth-order valence-electron chi connectivity index (χ4n) is 1.96. The minimum atomic E-state index is -0.385. The van der Waals surface area contributed by atoms with Gasteiger partial charge in [-0.1, -0.05) is 18.2 Å². The summed E-state index contributed by atoms with van der Waals surface area (Å²) in [7, 11) is 0. The maximum absolute atomic E-state index is 12.0. The molecule has 6 heteroatoms. The number of anilines is 1. The number of hydrogen-bond acceptors (Lipinski definition) is 3. The van der Waals surface area contributed by atoms with Crippen molar-refractivity contribution in [1.82, 2.24) is 10.2 Å². The van der Waals surface area contributed by atoms with Gasteiger partial charge in [0.05, 0.1) is 6.54 Å². The number of nitrogens with zero attached hydrogens (tertiary/aromatic N) is 1. The Morgan fingerprint density at radius 2 is 2.11 bits per heavy atom. The SMILES string of the molecule is CC1C(=O)NCCN1C(=O)CNc1ccccc1.Cl. The van der Waals surface area contributed by atoms with Crippen LogP contribution in [0.1, 0.15) is 6.92 Å². The molecule has 2 N–H and O–H groups in total. The van der Waals surface area contributed by atoms with Gasteiger partial charge < -0.3 is 15.5 Å². The first kappa shape index (κ1) is 15.3. The minimum Gasteiger partial charge on any atom is -0.376 e. The van der Waals surface area contributed by atoms with E-state index in [1.807, 2.05) is 30.3 Å². The zero-order valence-electron chi connectivity index (χ0n) is 10.8. The van der Waals surface area contributed by atoms with Crippen LogP contribution < -0.4 is 10.6 Å². The normalized spacial score (nSPS) is 18.3. The Bertz CT molecular complexity index is 439. The lowest BCUT2D eigenvalue weighted by Gasteiger charge is -2.32. The number of halogens is 1. The van der Waals surface area contributed by atoms with E-state index in [0.717, 1.165) is 5.69 Å². The van der Waals surface area contributed by atoms with E-state index in [0.29, 0.717) is 13.1 Å². The summed E-state index contributed by atoms with van der Waals surface area (Å²) in [5, 5.41) is 5.79. The Kier molecular flexibility index (Phi) is 5.63. The van der Waals surface area contributed by atoms with E-state index in [-0.39, 0.29) is 36.8 Å². The van der Waals surface area contributed by atoms with Crippen molar-refractivity contribution in [2.75, 3.05) is 25.0 Å². The molecule has 2 rings (SSSR count). The van der Waals surface area contributed by atoms with Gasteiger partial charge in [-0.05, 0) is 19.1 Å². The van der Waals surface area contributed by atoms with Gasteiger partial charge in [0.15, 0.2) is 0 Å². The summed E-state index contributed by atoms with van der Waals surface area (Å²) in [6.07, 6.45) is 0. The maximum Gasteiger partial charge on any atom is 0.242 e. The summed E-state index contributed by atoms with van der Waals surface area (Å²) >= 11 is 0.